The van der Waals surface area contributed by atoms with Crippen LogP contribution in [0, 0.1) is 6.92 Å². The van der Waals surface area contributed by atoms with Crippen LogP contribution in [0.5, 0.6) is 0 Å². The highest BCUT2D eigenvalue weighted by atomic mass is 16.3. The van der Waals surface area contributed by atoms with E-state index < -0.39 is 0 Å². The Labute approximate surface area is 101 Å². The van der Waals surface area contributed by atoms with Gasteiger partial charge in [-0.05, 0) is 24.6 Å². The van der Waals surface area contributed by atoms with Gasteiger partial charge in [0, 0.05) is 19.3 Å². The Hall–Kier alpha value is -1.83. The first-order valence-corrected chi connectivity index (χ1v) is 5.83. The molecule has 0 atom stereocenters. The summed E-state index contributed by atoms with van der Waals surface area (Å²) in [7, 11) is 0. The van der Waals surface area contributed by atoms with E-state index in [1.54, 1.807) is 6.26 Å². The molecule has 0 radical (unpaired) electrons. The SMILES string of the molecule is Cc1cccc(CC(=O)CCc2ccco2)c1. The van der Waals surface area contributed by atoms with Crippen molar-refractivity contribution in [1.82, 2.24) is 0 Å². The zero-order chi connectivity index (χ0) is 12.1. The maximum absolute atomic E-state index is 11.8. The maximum Gasteiger partial charge on any atom is 0.137 e. The minimum Gasteiger partial charge on any atom is -0.469 e. The van der Waals surface area contributed by atoms with Gasteiger partial charge in [-0.15, -0.1) is 0 Å². The van der Waals surface area contributed by atoms with Crippen LogP contribution in [0.1, 0.15) is 23.3 Å². The third-order valence-electron chi connectivity index (χ3n) is 2.71. The minimum atomic E-state index is 0.256. The molecule has 2 aromatic rings. The first kappa shape index (κ1) is 11.6. The fraction of sp³-hybridized carbons (Fsp3) is 0.267. The van der Waals surface area contributed by atoms with Gasteiger partial charge in [-0.25, -0.2) is 0 Å². The molecule has 1 heterocycles. The second-order valence-corrected chi connectivity index (χ2v) is 4.28. The number of furan rings is 1. The van der Waals surface area contributed by atoms with Crippen LogP contribution in [0.3, 0.4) is 0 Å². The molecule has 0 spiro atoms. The van der Waals surface area contributed by atoms with Crippen molar-refractivity contribution in [3.8, 4) is 0 Å². The van der Waals surface area contributed by atoms with E-state index in [9.17, 15) is 4.79 Å². The van der Waals surface area contributed by atoms with Gasteiger partial charge in [0.2, 0.25) is 0 Å². The number of carbonyl (C=O) groups excluding carboxylic acids is 1. The Morgan fingerprint density at radius 3 is 2.82 bits per heavy atom. The maximum atomic E-state index is 11.8. The second kappa shape index (κ2) is 5.48. The molecule has 17 heavy (non-hydrogen) atoms. The van der Waals surface area contributed by atoms with E-state index in [0.29, 0.717) is 19.3 Å². The van der Waals surface area contributed by atoms with Gasteiger partial charge in [-0.1, -0.05) is 29.8 Å². The van der Waals surface area contributed by atoms with Crippen molar-refractivity contribution in [3.05, 3.63) is 59.5 Å². The van der Waals surface area contributed by atoms with Crippen LogP contribution in [-0.2, 0) is 17.6 Å². The van der Waals surface area contributed by atoms with E-state index in [2.05, 4.69) is 6.07 Å². The summed E-state index contributed by atoms with van der Waals surface area (Å²) in [5.41, 5.74) is 2.29. The normalized spacial score (nSPS) is 10.4. The summed E-state index contributed by atoms with van der Waals surface area (Å²) in [6, 6.07) is 11.8. The van der Waals surface area contributed by atoms with Gasteiger partial charge < -0.3 is 4.42 Å². The lowest BCUT2D eigenvalue weighted by atomic mass is 10.0. The van der Waals surface area contributed by atoms with Crippen LogP contribution in [-0.4, -0.2) is 5.78 Å². The zero-order valence-corrected chi connectivity index (χ0v) is 9.98. The summed E-state index contributed by atoms with van der Waals surface area (Å²) < 4.78 is 5.20. The number of carbonyl (C=O) groups is 1. The molecule has 0 amide bonds. The Morgan fingerprint density at radius 1 is 1.24 bits per heavy atom. The summed E-state index contributed by atoms with van der Waals surface area (Å²) in [6.45, 7) is 2.04. The lowest BCUT2D eigenvalue weighted by Gasteiger charge is -2.01. The number of benzene rings is 1. The van der Waals surface area contributed by atoms with Crippen LogP contribution < -0.4 is 0 Å². The quantitative estimate of drug-likeness (QED) is 0.785. The topological polar surface area (TPSA) is 30.2 Å². The highest BCUT2D eigenvalue weighted by Crippen LogP contribution is 2.09. The number of hydrogen-bond donors (Lipinski definition) is 0. The van der Waals surface area contributed by atoms with Crippen LogP contribution in [0.25, 0.3) is 0 Å². The standard InChI is InChI=1S/C15H16O2/c1-12-4-2-5-13(10-12)11-14(16)7-8-15-6-3-9-17-15/h2-6,9-10H,7-8,11H2,1H3. The third kappa shape index (κ3) is 3.59. The predicted octanol–water partition coefficient (Wildman–Crippen LogP) is 3.33. The summed E-state index contributed by atoms with van der Waals surface area (Å²) in [6.07, 6.45) is 3.39. The molecule has 0 saturated carbocycles. The number of hydrogen-bond acceptors (Lipinski definition) is 2. The van der Waals surface area contributed by atoms with Gasteiger partial charge in [0.1, 0.15) is 11.5 Å². The Balaban J connectivity index is 1.85. The predicted molar refractivity (Wildman–Crippen MR) is 66.9 cm³/mol. The smallest absolute Gasteiger partial charge is 0.137 e. The first-order chi connectivity index (χ1) is 8.24. The van der Waals surface area contributed by atoms with E-state index in [4.69, 9.17) is 4.42 Å². The van der Waals surface area contributed by atoms with Crippen molar-refractivity contribution < 1.29 is 9.21 Å². The average Bonchev–Trinajstić information content (AvgIpc) is 2.79. The van der Waals surface area contributed by atoms with E-state index in [0.717, 1.165) is 11.3 Å². The molecule has 2 rings (SSSR count). The van der Waals surface area contributed by atoms with Gasteiger partial charge in [0.15, 0.2) is 0 Å². The van der Waals surface area contributed by atoms with Gasteiger partial charge in [-0.2, -0.15) is 0 Å². The summed E-state index contributed by atoms with van der Waals surface area (Å²) in [5.74, 6) is 1.13. The Kier molecular flexibility index (Phi) is 3.76. The molecule has 0 aliphatic heterocycles. The van der Waals surface area contributed by atoms with Crippen molar-refractivity contribution in [2.24, 2.45) is 0 Å². The van der Waals surface area contributed by atoms with E-state index in [1.165, 1.54) is 5.56 Å². The Bertz CT molecular complexity index is 483. The molecule has 0 saturated heterocycles. The van der Waals surface area contributed by atoms with E-state index in [-0.39, 0.29) is 5.78 Å². The lowest BCUT2D eigenvalue weighted by Crippen LogP contribution is -2.04. The third-order valence-corrected chi connectivity index (χ3v) is 2.71. The van der Waals surface area contributed by atoms with Crippen molar-refractivity contribution in [3.63, 3.8) is 0 Å². The molecule has 2 nitrogen and oxygen atoms in total. The molecular weight excluding hydrogens is 212 g/mol. The monoisotopic (exact) mass is 228 g/mol. The van der Waals surface area contributed by atoms with Crippen molar-refractivity contribution in [1.29, 1.82) is 0 Å². The van der Waals surface area contributed by atoms with Crippen LogP contribution >= 0.6 is 0 Å². The largest absolute Gasteiger partial charge is 0.469 e. The molecular formula is C15H16O2. The molecule has 0 bridgehead atoms. The average molecular weight is 228 g/mol. The van der Waals surface area contributed by atoms with Crippen molar-refractivity contribution >= 4 is 5.78 Å². The number of Topliss-reactive ketones (excluding diaryl/α,β-unsaturated/α-hetero) is 1. The number of ketones is 1. The first-order valence-electron chi connectivity index (χ1n) is 5.83. The molecule has 0 fully saturated rings. The van der Waals surface area contributed by atoms with Gasteiger partial charge in [0.05, 0.1) is 6.26 Å². The van der Waals surface area contributed by atoms with Gasteiger partial charge >= 0.3 is 0 Å². The molecule has 1 aromatic heterocycles. The van der Waals surface area contributed by atoms with Crippen LogP contribution in [0.15, 0.2) is 47.1 Å². The molecule has 88 valence electrons. The minimum absolute atomic E-state index is 0.256. The highest BCUT2D eigenvalue weighted by Gasteiger charge is 2.05. The molecule has 0 aliphatic carbocycles. The Morgan fingerprint density at radius 2 is 2.12 bits per heavy atom. The van der Waals surface area contributed by atoms with Gasteiger partial charge in [0.25, 0.3) is 0 Å². The van der Waals surface area contributed by atoms with Crippen LogP contribution in [0.2, 0.25) is 0 Å². The summed E-state index contributed by atoms with van der Waals surface area (Å²) >= 11 is 0. The molecule has 0 N–H and O–H groups in total. The lowest BCUT2D eigenvalue weighted by molar-refractivity contribution is -0.118. The van der Waals surface area contributed by atoms with Crippen molar-refractivity contribution in [2.75, 3.05) is 0 Å². The number of rotatable bonds is 5. The van der Waals surface area contributed by atoms with E-state index >= 15 is 0 Å². The molecule has 0 aliphatic rings. The highest BCUT2D eigenvalue weighted by molar-refractivity contribution is 5.81. The molecule has 2 heteroatoms. The van der Waals surface area contributed by atoms with Gasteiger partial charge in [-0.3, -0.25) is 4.79 Å². The second-order valence-electron chi connectivity index (χ2n) is 4.28. The fourth-order valence-electron chi connectivity index (χ4n) is 1.86. The molecule has 0 unspecified atom stereocenters. The fourth-order valence-corrected chi connectivity index (χ4v) is 1.86. The number of aryl methyl sites for hydroxylation is 2. The van der Waals surface area contributed by atoms with Crippen molar-refractivity contribution in [2.45, 2.75) is 26.2 Å². The summed E-state index contributed by atoms with van der Waals surface area (Å²) in [5, 5.41) is 0. The molecule has 1 aromatic carbocycles. The van der Waals surface area contributed by atoms with Crippen LogP contribution in [0.4, 0.5) is 0 Å². The van der Waals surface area contributed by atoms with E-state index in [1.807, 2.05) is 37.3 Å². The zero-order valence-electron chi connectivity index (χ0n) is 9.98. The summed E-state index contributed by atoms with van der Waals surface area (Å²) in [4.78, 5) is 11.8.